The molecule has 2 saturated carbocycles. The Kier molecular flexibility index (Phi) is 2.13. The van der Waals surface area contributed by atoms with Gasteiger partial charge >= 0.3 is 0 Å². The summed E-state index contributed by atoms with van der Waals surface area (Å²) in [5.41, 5.74) is 5.94. The monoisotopic (exact) mass is 169 g/mol. The summed E-state index contributed by atoms with van der Waals surface area (Å²) in [7, 11) is 0. The van der Waals surface area contributed by atoms with Crippen LogP contribution in [0.2, 0.25) is 0 Å². The molecule has 0 unspecified atom stereocenters. The molecule has 0 radical (unpaired) electrons. The molecule has 2 fully saturated rings. The molecule has 2 heteroatoms. The van der Waals surface area contributed by atoms with Crippen molar-refractivity contribution in [1.82, 2.24) is 0 Å². The SMILES string of the molecule is NC[C@@H]1CCCC2(CCC2)[C@H]1O. The standard InChI is InChI=1S/C10H19NO/c11-7-8-3-1-4-10(9(8)12)5-2-6-10/h8-9,12H,1-7,11H2/t8-,9-/m0/s1. The van der Waals surface area contributed by atoms with Crippen LogP contribution in [0.5, 0.6) is 0 Å². The molecule has 0 amide bonds. The topological polar surface area (TPSA) is 46.2 Å². The van der Waals surface area contributed by atoms with Crippen LogP contribution in [-0.2, 0) is 0 Å². The second-order valence-electron chi connectivity index (χ2n) is 4.55. The molecule has 0 aromatic heterocycles. The van der Waals surface area contributed by atoms with E-state index in [4.69, 9.17) is 5.73 Å². The predicted octanol–water partition coefficient (Wildman–Crippen LogP) is 1.28. The van der Waals surface area contributed by atoms with Crippen molar-refractivity contribution in [3.63, 3.8) is 0 Å². The van der Waals surface area contributed by atoms with Gasteiger partial charge in [0.05, 0.1) is 6.10 Å². The Morgan fingerprint density at radius 1 is 1.25 bits per heavy atom. The summed E-state index contributed by atoms with van der Waals surface area (Å²) in [5, 5.41) is 10.1. The number of nitrogens with two attached hydrogens (primary N) is 1. The van der Waals surface area contributed by atoms with Crippen molar-refractivity contribution >= 4 is 0 Å². The Labute approximate surface area is 74.1 Å². The van der Waals surface area contributed by atoms with Gasteiger partial charge in [-0.05, 0) is 43.6 Å². The zero-order valence-electron chi connectivity index (χ0n) is 7.63. The first-order chi connectivity index (χ1) is 5.78. The number of rotatable bonds is 1. The Hall–Kier alpha value is -0.0800. The average Bonchev–Trinajstić information content (AvgIpc) is 2.02. The van der Waals surface area contributed by atoms with E-state index < -0.39 is 0 Å². The van der Waals surface area contributed by atoms with Crippen LogP contribution in [0.15, 0.2) is 0 Å². The number of aliphatic hydroxyl groups is 1. The fourth-order valence-corrected chi connectivity index (χ4v) is 2.95. The first-order valence-corrected chi connectivity index (χ1v) is 5.17. The third-order valence-corrected chi connectivity index (χ3v) is 3.98. The van der Waals surface area contributed by atoms with Gasteiger partial charge in [-0.2, -0.15) is 0 Å². The quantitative estimate of drug-likeness (QED) is 0.621. The highest BCUT2D eigenvalue weighted by Crippen LogP contribution is 2.52. The van der Waals surface area contributed by atoms with Crippen LogP contribution in [0.3, 0.4) is 0 Å². The molecule has 3 N–H and O–H groups in total. The van der Waals surface area contributed by atoms with Gasteiger partial charge in [0.25, 0.3) is 0 Å². The Morgan fingerprint density at radius 2 is 1.92 bits per heavy atom. The summed E-state index contributed by atoms with van der Waals surface area (Å²) in [4.78, 5) is 0. The fourth-order valence-electron chi connectivity index (χ4n) is 2.95. The van der Waals surface area contributed by atoms with E-state index in [2.05, 4.69) is 0 Å². The van der Waals surface area contributed by atoms with Crippen LogP contribution in [0.25, 0.3) is 0 Å². The van der Waals surface area contributed by atoms with Crippen molar-refractivity contribution in [2.24, 2.45) is 17.1 Å². The van der Waals surface area contributed by atoms with Crippen LogP contribution < -0.4 is 5.73 Å². The minimum Gasteiger partial charge on any atom is -0.392 e. The third kappa shape index (κ3) is 1.09. The second kappa shape index (κ2) is 3.00. The maximum absolute atomic E-state index is 10.1. The summed E-state index contributed by atoms with van der Waals surface area (Å²) in [6, 6.07) is 0. The largest absolute Gasteiger partial charge is 0.392 e. The lowest BCUT2D eigenvalue weighted by Crippen LogP contribution is -2.50. The Bertz CT molecular complexity index is 165. The van der Waals surface area contributed by atoms with E-state index in [0.29, 0.717) is 17.9 Å². The highest BCUT2D eigenvalue weighted by Gasteiger charge is 2.47. The molecule has 0 heterocycles. The highest BCUT2D eigenvalue weighted by molar-refractivity contribution is 4.99. The zero-order chi connectivity index (χ0) is 8.60. The molecule has 2 rings (SSSR count). The summed E-state index contributed by atoms with van der Waals surface area (Å²) >= 11 is 0. The molecule has 12 heavy (non-hydrogen) atoms. The van der Waals surface area contributed by atoms with Gasteiger partial charge in [-0.25, -0.2) is 0 Å². The lowest BCUT2D eigenvalue weighted by atomic mass is 9.56. The van der Waals surface area contributed by atoms with E-state index in [9.17, 15) is 5.11 Å². The molecule has 2 atom stereocenters. The molecular weight excluding hydrogens is 150 g/mol. The number of aliphatic hydroxyl groups excluding tert-OH is 1. The van der Waals surface area contributed by atoms with E-state index in [0.717, 1.165) is 6.42 Å². The second-order valence-corrected chi connectivity index (χ2v) is 4.55. The van der Waals surface area contributed by atoms with Crippen LogP contribution in [0.4, 0.5) is 0 Å². The minimum atomic E-state index is -0.0926. The lowest BCUT2D eigenvalue weighted by molar-refractivity contribution is -0.0956. The summed E-state index contributed by atoms with van der Waals surface area (Å²) < 4.78 is 0. The van der Waals surface area contributed by atoms with Gasteiger partial charge in [0.1, 0.15) is 0 Å². The average molecular weight is 169 g/mol. The first-order valence-electron chi connectivity index (χ1n) is 5.17. The van der Waals surface area contributed by atoms with Gasteiger partial charge in [-0.1, -0.05) is 12.8 Å². The van der Waals surface area contributed by atoms with E-state index in [1.165, 1.54) is 32.1 Å². The molecule has 0 aromatic carbocycles. The third-order valence-electron chi connectivity index (χ3n) is 3.98. The van der Waals surface area contributed by atoms with E-state index in [1.54, 1.807) is 0 Å². The maximum atomic E-state index is 10.1. The molecule has 0 aliphatic heterocycles. The molecule has 0 saturated heterocycles. The summed E-state index contributed by atoms with van der Waals surface area (Å²) in [6.07, 6.45) is 7.36. The molecule has 2 nitrogen and oxygen atoms in total. The predicted molar refractivity (Wildman–Crippen MR) is 48.7 cm³/mol. The van der Waals surface area contributed by atoms with Gasteiger partial charge in [0.15, 0.2) is 0 Å². The Morgan fingerprint density at radius 3 is 2.42 bits per heavy atom. The molecule has 70 valence electrons. The smallest absolute Gasteiger partial charge is 0.0636 e. The van der Waals surface area contributed by atoms with Crippen molar-refractivity contribution in [1.29, 1.82) is 0 Å². The molecular formula is C10H19NO. The van der Waals surface area contributed by atoms with Crippen molar-refractivity contribution in [2.45, 2.75) is 44.6 Å². The van der Waals surface area contributed by atoms with Crippen LogP contribution in [0.1, 0.15) is 38.5 Å². The molecule has 2 aliphatic rings. The van der Waals surface area contributed by atoms with Crippen molar-refractivity contribution < 1.29 is 5.11 Å². The highest BCUT2D eigenvalue weighted by atomic mass is 16.3. The Balaban J connectivity index is 2.05. The molecule has 2 aliphatic carbocycles. The maximum Gasteiger partial charge on any atom is 0.0636 e. The van der Waals surface area contributed by atoms with Gasteiger partial charge < -0.3 is 10.8 Å². The van der Waals surface area contributed by atoms with E-state index >= 15 is 0 Å². The molecule has 0 bridgehead atoms. The number of hydrogen-bond donors (Lipinski definition) is 2. The van der Waals surface area contributed by atoms with Crippen LogP contribution in [0, 0.1) is 11.3 Å². The normalized spacial score (nSPS) is 39.5. The first kappa shape index (κ1) is 8.52. The van der Waals surface area contributed by atoms with Gasteiger partial charge in [0, 0.05) is 0 Å². The molecule has 1 spiro atoms. The van der Waals surface area contributed by atoms with Gasteiger partial charge in [-0.15, -0.1) is 0 Å². The zero-order valence-corrected chi connectivity index (χ0v) is 7.63. The van der Waals surface area contributed by atoms with Crippen LogP contribution in [-0.4, -0.2) is 17.8 Å². The van der Waals surface area contributed by atoms with Crippen molar-refractivity contribution in [3.8, 4) is 0 Å². The molecule has 0 aromatic rings. The van der Waals surface area contributed by atoms with Gasteiger partial charge in [-0.3, -0.25) is 0 Å². The van der Waals surface area contributed by atoms with E-state index in [-0.39, 0.29) is 6.10 Å². The van der Waals surface area contributed by atoms with Crippen molar-refractivity contribution in [3.05, 3.63) is 0 Å². The van der Waals surface area contributed by atoms with Gasteiger partial charge in [0.2, 0.25) is 0 Å². The fraction of sp³-hybridized carbons (Fsp3) is 1.00. The lowest BCUT2D eigenvalue weighted by Gasteiger charge is -2.51. The van der Waals surface area contributed by atoms with Crippen LogP contribution >= 0.6 is 0 Å². The van der Waals surface area contributed by atoms with Crippen molar-refractivity contribution in [2.75, 3.05) is 6.54 Å². The summed E-state index contributed by atoms with van der Waals surface area (Å²) in [6.45, 7) is 0.670. The van der Waals surface area contributed by atoms with E-state index in [1.807, 2.05) is 0 Å². The summed E-state index contributed by atoms with van der Waals surface area (Å²) in [5.74, 6) is 0.388. The number of hydrogen-bond acceptors (Lipinski definition) is 2. The minimum absolute atomic E-state index is 0.0926.